The molecular weight excluding hydrogens is 420 g/mol. The Bertz CT molecular complexity index is 470. The van der Waals surface area contributed by atoms with Gasteiger partial charge in [-0.15, -0.1) is 0 Å². The Labute approximate surface area is 180 Å². The number of aliphatic hydroxyl groups is 4. The standard InChI is InChI=1S/C7H16O4.4C3H4O2/c1-6(2-8)7(3-9,4-10)5-11;4*1-2-3(4)5/h6,8-11H,2-5H2,1H3;4*2H,1H2,(H,4,5). The maximum absolute atomic E-state index is 9.25. The third kappa shape index (κ3) is 34.6. The fourth-order valence-corrected chi connectivity index (χ4v) is 0.811. The van der Waals surface area contributed by atoms with E-state index in [9.17, 15) is 19.2 Å². The van der Waals surface area contributed by atoms with Gasteiger partial charge >= 0.3 is 23.9 Å². The van der Waals surface area contributed by atoms with Gasteiger partial charge in [0.1, 0.15) is 0 Å². The maximum Gasteiger partial charge on any atom is 0.327 e. The number of carboxylic acid groups (broad SMARTS) is 4. The highest BCUT2D eigenvalue weighted by atomic mass is 16.4. The third-order valence-corrected chi connectivity index (χ3v) is 2.96. The van der Waals surface area contributed by atoms with Crippen LogP contribution >= 0.6 is 0 Å². The van der Waals surface area contributed by atoms with E-state index in [1.165, 1.54) is 0 Å². The van der Waals surface area contributed by atoms with Crippen molar-refractivity contribution in [2.75, 3.05) is 26.4 Å². The summed E-state index contributed by atoms with van der Waals surface area (Å²) in [6.45, 7) is 12.4. The number of aliphatic carboxylic acids is 4. The van der Waals surface area contributed by atoms with Gasteiger partial charge in [0, 0.05) is 36.3 Å². The van der Waals surface area contributed by atoms with Crippen molar-refractivity contribution in [1.29, 1.82) is 0 Å². The second-order valence-corrected chi connectivity index (χ2v) is 5.09. The highest BCUT2D eigenvalue weighted by Gasteiger charge is 2.34. The highest BCUT2D eigenvalue weighted by molar-refractivity contribution is 5.79. The summed E-state index contributed by atoms with van der Waals surface area (Å²) >= 11 is 0. The van der Waals surface area contributed by atoms with Crippen LogP contribution in [0, 0.1) is 11.3 Å². The molecule has 0 aliphatic carbocycles. The number of hydrogen-bond donors (Lipinski definition) is 8. The average Bonchev–Trinajstić information content (AvgIpc) is 2.76. The number of carboxylic acids is 4. The van der Waals surface area contributed by atoms with Crippen LogP contribution in [0.25, 0.3) is 0 Å². The van der Waals surface area contributed by atoms with E-state index in [4.69, 9.17) is 40.9 Å². The molecule has 1 atom stereocenters. The molecular formula is C19H32O12. The van der Waals surface area contributed by atoms with Crippen molar-refractivity contribution >= 4 is 23.9 Å². The van der Waals surface area contributed by atoms with Crippen molar-refractivity contribution < 1.29 is 60.0 Å². The largest absolute Gasteiger partial charge is 0.478 e. The third-order valence-electron chi connectivity index (χ3n) is 2.96. The minimum Gasteiger partial charge on any atom is -0.478 e. The molecule has 0 aliphatic rings. The lowest BCUT2D eigenvalue weighted by atomic mass is 9.79. The molecule has 0 aliphatic heterocycles. The first kappa shape index (κ1) is 38.3. The lowest BCUT2D eigenvalue weighted by molar-refractivity contribution is -0.132. The van der Waals surface area contributed by atoms with E-state index < -0.39 is 29.3 Å². The zero-order valence-corrected chi connectivity index (χ0v) is 17.3. The van der Waals surface area contributed by atoms with Gasteiger partial charge in [-0.2, -0.15) is 0 Å². The van der Waals surface area contributed by atoms with Crippen molar-refractivity contribution in [3.05, 3.63) is 50.6 Å². The Morgan fingerprint density at radius 1 is 0.645 bits per heavy atom. The number of hydrogen-bond acceptors (Lipinski definition) is 8. The molecule has 8 N–H and O–H groups in total. The first-order valence-corrected chi connectivity index (χ1v) is 8.10. The summed E-state index contributed by atoms with van der Waals surface area (Å²) < 4.78 is 0. The van der Waals surface area contributed by atoms with Gasteiger partial charge in [0.15, 0.2) is 0 Å². The predicted molar refractivity (Wildman–Crippen MR) is 111 cm³/mol. The second kappa shape index (κ2) is 26.7. The quantitative estimate of drug-likeness (QED) is 0.209. The average molecular weight is 452 g/mol. The number of carbonyl (C=O) groups is 4. The number of aliphatic hydroxyl groups excluding tert-OH is 4. The molecule has 0 radical (unpaired) electrons. The smallest absolute Gasteiger partial charge is 0.327 e. The van der Waals surface area contributed by atoms with Gasteiger partial charge in [-0.1, -0.05) is 33.2 Å². The summed E-state index contributed by atoms with van der Waals surface area (Å²) in [5, 5.41) is 65.7. The van der Waals surface area contributed by atoms with Crippen molar-refractivity contribution in [2.24, 2.45) is 11.3 Å². The van der Waals surface area contributed by atoms with Crippen LogP contribution in [0.3, 0.4) is 0 Å². The molecule has 31 heavy (non-hydrogen) atoms. The summed E-state index contributed by atoms with van der Waals surface area (Å²) in [5.74, 6) is -4.23. The molecule has 12 nitrogen and oxygen atoms in total. The molecule has 12 heteroatoms. The van der Waals surface area contributed by atoms with E-state index in [0.29, 0.717) is 0 Å². The molecule has 0 fully saturated rings. The summed E-state index contributed by atoms with van der Waals surface area (Å²) in [6.07, 6.45) is 3.33. The zero-order valence-electron chi connectivity index (χ0n) is 17.3. The zero-order chi connectivity index (χ0) is 26.0. The van der Waals surface area contributed by atoms with Gasteiger partial charge in [0.05, 0.1) is 19.8 Å². The summed E-state index contributed by atoms with van der Waals surface area (Å²) in [5.41, 5.74) is -0.950. The van der Waals surface area contributed by atoms with Crippen LogP contribution in [0.4, 0.5) is 0 Å². The first-order chi connectivity index (χ1) is 14.2. The molecule has 180 valence electrons. The molecule has 0 amide bonds. The van der Waals surface area contributed by atoms with E-state index in [2.05, 4.69) is 26.3 Å². The van der Waals surface area contributed by atoms with Crippen LogP contribution < -0.4 is 0 Å². The van der Waals surface area contributed by atoms with Crippen molar-refractivity contribution in [2.45, 2.75) is 6.92 Å². The molecule has 0 aromatic carbocycles. The van der Waals surface area contributed by atoms with Crippen LogP contribution in [0.15, 0.2) is 50.6 Å². The van der Waals surface area contributed by atoms with E-state index in [1.54, 1.807) is 6.92 Å². The van der Waals surface area contributed by atoms with Gasteiger partial charge < -0.3 is 40.9 Å². The van der Waals surface area contributed by atoms with E-state index >= 15 is 0 Å². The van der Waals surface area contributed by atoms with Gasteiger partial charge in [-0.05, 0) is 5.92 Å². The minimum atomic E-state index is -0.981. The predicted octanol–water partition coefficient (Wildman–Crippen LogP) is -0.394. The summed E-state index contributed by atoms with van der Waals surface area (Å²) in [7, 11) is 0. The fraction of sp³-hybridized carbons (Fsp3) is 0.368. The highest BCUT2D eigenvalue weighted by Crippen LogP contribution is 2.25. The molecule has 1 unspecified atom stereocenters. The monoisotopic (exact) mass is 452 g/mol. The first-order valence-electron chi connectivity index (χ1n) is 8.10. The summed E-state index contributed by atoms with van der Waals surface area (Å²) in [6, 6.07) is 0. The van der Waals surface area contributed by atoms with Crippen LogP contribution in [0.5, 0.6) is 0 Å². The molecule has 0 bridgehead atoms. The molecule has 0 aromatic rings. The van der Waals surface area contributed by atoms with E-state index in [-0.39, 0.29) is 32.3 Å². The lowest BCUT2D eigenvalue weighted by Gasteiger charge is -2.32. The van der Waals surface area contributed by atoms with Crippen LogP contribution in [-0.2, 0) is 19.2 Å². The van der Waals surface area contributed by atoms with Crippen molar-refractivity contribution in [3.63, 3.8) is 0 Å². The minimum absolute atomic E-state index is 0.151. The van der Waals surface area contributed by atoms with Crippen LogP contribution in [0.2, 0.25) is 0 Å². The Morgan fingerprint density at radius 2 is 0.806 bits per heavy atom. The van der Waals surface area contributed by atoms with E-state index in [0.717, 1.165) is 24.3 Å². The molecule has 0 spiro atoms. The molecule has 0 aromatic heterocycles. The number of rotatable bonds is 9. The van der Waals surface area contributed by atoms with E-state index in [1.807, 2.05) is 0 Å². The van der Waals surface area contributed by atoms with Crippen molar-refractivity contribution in [1.82, 2.24) is 0 Å². The Kier molecular flexibility index (Phi) is 33.0. The van der Waals surface area contributed by atoms with Gasteiger partial charge in [-0.3, -0.25) is 0 Å². The second-order valence-electron chi connectivity index (χ2n) is 5.09. The van der Waals surface area contributed by atoms with Crippen LogP contribution in [-0.4, -0.2) is 91.2 Å². The summed E-state index contributed by atoms with van der Waals surface area (Å²) in [4.78, 5) is 37.0. The molecule has 0 saturated heterocycles. The molecule has 0 heterocycles. The maximum atomic E-state index is 9.25. The van der Waals surface area contributed by atoms with Crippen LogP contribution in [0.1, 0.15) is 6.92 Å². The Morgan fingerprint density at radius 3 is 0.839 bits per heavy atom. The van der Waals surface area contributed by atoms with Gasteiger partial charge in [-0.25, -0.2) is 19.2 Å². The topological polar surface area (TPSA) is 230 Å². The van der Waals surface area contributed by atoms with Gasteiger partial charge in [0.25, 0.3) is 0 Å². The fourth-order valence-electron chi connectivity index (χ4n) is 0.811. The molecule has 0 saturated carbocycles. The lowest BCUT2D eigenvalue weighted by Crippen LogP contribution is -2.41. The Balaban J connectivity index is -0.0000000967. The van der Waals surface area contributed by atoms with Crippen molar-refractivity contribution in [3.8, 4) is 0 Å². The normalized spacial score (nSPS) is 9.45. The SMILES string of the molecule is C=CC(=O)O.C=CC(=O)O.C=CC(=O)O.C=CC(=O)O.CC(CO)C(CO)(CO)CO. The van der Waals surface area contributed by atoms with Gasteiger partial charge in [0.2, 0.25) is 0 Å². The molecule has 0 rings (SSSR count). The Hall–Kier alpha value is -3.32.